The maximum Gasteiger partial charge on any atom is 0.253 e. The van der Waals surface area contributed by atoms with Gasteiger partial charge in [-0.1, -0.05) is 6.07 Å². The van der Waals surface area contributed by atoms with E-state index in [1.54, 1.807) is 17.1 Å². The summed E-state index contributed by atoms with van der Waals surface area (Å²) in [5.41, 5.74) is 2.11. The van der Waals surface area contributed by atoms with Crippen LogP contribution >= 0.6 is 0 Å². The third-order valence-corrected chi connectivity index (χ3v) is 6.41. The number of anilines is 1. The van der Waals surface area contributed by atoms with Gasteiger partial charge >= 0.3 is 0 Å². The molecular weight excluding hydrogens is 380 g/mol. The van der Waals surface area contributed by atoms with Gasteiger partial charge in [-0.2, -0.15) is 5.10 Å². The van der Waals surface area contributed by atoms with Crippen molar-refractivity contribution in [1.29, 1.82) is 0 Å². The van der Waals surface area contributed by atoms with E-state index in [-0.39, 0.29) is 17.4 Å². The van der Waals surface area contributed by atoms with E-state index in [1.807, 2.05) is 60.4 Å². The van der Waals surface area contributed by atoms with E-state index < -0.39 is 0 Å². The lowest BCUT2D eigenvalue weighted by Gasteiger charge is -2.46. The van der Waals surface area contributed by atoms with Crippen molar-refractivity contribution in [3.8, 4) is 0 Å². The van der Waals surface area contributed by atoms with Gasteiger partial charge in [0.05, 0.1) is 29.5 Å². The molecule has 30 heavy (non-hydrogen) atoms. The summed E-state index contributed by atoms with van der Waals surface area (Å²) in [4.78, 5) is 36.1. The summed E-state index contributed by atoms with van der Waals surface area (Å²) in [5.74, 6) is 0.0822. The maximum atomic E-state index is 13.2. The quantitative estimate of drug-likeness (QED) is 0.648. The standard InChI is InChI=1S/C22H24N6O2/c1-25-13-20(29)28(18-11-24-26(2)12-18)15-22(25)7-9-27(14-22)21(30)17-5-6-19-16(10-17)4-3-8-23-19/h3-6,8,10-12H,7,9,13-15H2,1-2H3/t22-/m0/s1. The van der Waals surface area contributed by atoms with Crippen LogP contribution in [0.4, 0.5) is 5.69 Å². The van der Waals surface area contributed by atoms with Crippen molar-refractivity contribution in [3.63, 3.8) is 0 Å². The topological polar surface area (TPSA) is 74.6 Å². The number of amides is 2. The molecular formula is C22H24N6O2. The first-order valence-corrected chi connectivity index (χ1v) is 10.1. The van der Waals surface area contributed by atoms with Crippen molar-refractivity contribution in [2.75, 3.05) is 38.1 Å². The second kappa shape index (κ2) is 6.91. The van der Waals surface area contributed by atoms with Crippen LogP contribution in [0.2, 0.25) is 0 Å². The number of hydrogen-bond donors (Lipinski definition) is 0. The monoisotopic (exact) mass is 404 g/mol. The van der Waals surface area contributed by atoms with Crippen molar-refractivity contribution in [3.05, 3.63) is 54.5 Å². The van der Waals surface area contributed by atoms with E-state index in [9.17, 15) is 9.59 Å². The molecule has 8 nitrogen and oxygen atoms in total. The number of likely N-dealkylation sites (tertiary alicyclic amines) is 1. The number of hydrogen-bond acceptors (Lipinski definition) is 5. The summed E-state index contributed by atoms with van der Waals surface area (Å²) in [6, 6.07) is 9.49. The summed E-state index contributed by atoms with van der Waals surface area (Å²) >= 11 is 0. The molecule has 4 heterocycles. The average molecular weight is 404 g/mol. The Balaban J connectivity index is 1.38. The molecule has 0 unspecified atom stereocenters. The number of rotatable bonds is 2. The highest BCUT2D eigenvalue weighted by atomic mass is 16.2. The van der Waals surface area contributed by atoms with E-state index in [0.29, 0.717) is 31.7 Å². The van der Waals surface area contributed by atoms with Crippen LogP contribution in [0.1, 0.15) is 16.8 Å². The third kappa shape index (κ3) is 3.04. The molecule has 0 radical (unpaired) electrons. The molecule has 2 fully saturated rings. The first kappa shape index (κ1) is 18.7. The van der Waals surface area contributed by atoms with Gasteiger partial charge in [-0.25, -0.2) is 0 Å². The molecule has 154 valence electrons. The third-order valence-electron chi connectivity index (χ3n) is 6.41. The van der Waals surface area contributed by atoms with Crippen molar-refractivity contribution < 1.29 is 9.59 Å². The lowest BCUT2D eigenvalue weighted by atomic mass is 9.93. The number of carbonyl (C=O) groups is 2. The first-order valence-electron chi connectivity index (χ1n) is 10.1. The zero-order valence-corrected chi connectivity index (χ0v) is 17.2. The smallest absolute Gasteiger partial charge is 0.253 e. The predicted molar refractivity (Wildman–Crippen MR) is 113 cm³/mol. The minimum Gasteiger partial charge on any atom is -0.337 e. The van der Waals surface area contributed by atoms with E-state index in [2.05, 4.69) is 15.0 Å². The lowest BCUT2D eigenvalue weighted by Crippen LogP contribution is -2.64. The molecule has 1 atom stereocenters. The molecule has 0 saturated carbocycles. The van der Waals surface area contributed by atoms with Crippen LogP contribution in [0.15, 0.2) is 48.9 Å². The van der Waals surface area contributed by atoms with Crippen LogP contribution in [-0.2, 0) is 11.8 Å². The molecule has 5 rings (SSSR count). The zero-order valence-electron chi connectivity index (χ0n) is 17.2. The SMILES string of the molecule is CN1CC(=O)N(c2cnn(C)c2)C[C@@]12CCN(C(=O)c1ccc3ncccc3c1)C2. The summed E-state index contributed by atoms with van der Waals surface area (Å²) in [6.07, 6.45) is 6.16. The fourth-order valence-corrected chi connectivity index (χ4v) is 4.60. The van der Waals surface area contributed by atoms with Gasteiger partial charge in [0.2, 0.25) is 5.91 Å². The van der Waals surface area contributed by atoms with Crippen LogP contribution in [-0.4, -0.2) is 75.1 Å². The molecule has 2 aliphatic heterocycles. The summed E-state index contributed by atoms with van der Waals surface area (Å²) in [5, 5.41) is 5.17. The first-order chi connectivity index (χ1) is 14.4. The number of pyridine rings is 1. The van der Waals surface area contributed by atoms with Crippen LogP contribution in [0.5, 0.6) is 0 Å². The molecule has 2 aromatic heterocycles. The largest absolute Gasteiger partial charge is 0.337 e. The van der Waals surface area contributed by atoms with Crippen molar-refractivity contribution in [1.82, 2.24) is 24.6 Å². The number of piperazine rings is 1. The number of likely N-dealkylation sites (N-methyl/N-ethyl adjacent to an activating group) is 1. The van der Waals surface area contributed by atoms with E-state index >= 15 is 0 Å². The minimum absolute atomic E-state index is 0.0239. The second-order valence-corrected chi connectivity index (χ2v) is 8.32. The van der Waals surface area contributed by atoms with Crippen molar-refractivity contribution in [2.45, 2.75) is 12.0 Å². The molecule has 1 spiro atoms. The molecule has 0 bridgehead atoms. The Bertz CT molecular complexity index is 1140. The molecule has 0 N–H and O–H groups in total. The number of aromatic nitrogens is 3. The summed E-state index contributed by atoms with van der Waals surface area (Å²) < 4.78 is 1.70. The molecule has 0 aliphatic carbocycles. The van der Waals surface area contributed by atoms with Crippen molar-refractivity contribution in [2.24, 2.45) is 7.05 Å². The van der Waals surface area contributed by atoms with Gasteiger partial charge in [-0.05, 0) is 37.7 Å². The molecule has 2 saturated heterocycles. The van der Waals surface area contributed by atoms with Crippen LogP contribution in [0.3, 0.4) is 0 Å². The molecule has 3 aromatic rings. The average Bonchev–Trinajstić information content (AvgIpc) is 3.37. The zero-order chi connectivity index (χ0) is 20.9. The predicted octanol–water partition coefficient (Wildman–Crippen LogP) is 1.53. The van der Waals surface area contributed by atoms with Crippen LogP contribution in [0.25, 0.3) is 10.9 Å². The van der Waals surface area contributed by atoms with Gasteiger partial charge < -0.3 is 9.80 Å². The lowest BCUT2D eigenvalue weighted by molar-refractivity contribution is -0.123. The Labute approximate surface area is 174 Å². The van der Waals surface area contributed by atoms with Gasteiger partial charge in [-0.15, -0.1) is 0 Å². The second-order valence-electron chi connectivity index (χ2n) is 8.32. The summed E-state index contributed by atoms with van der Waals surface area (Å²) in [6.45, 7) is 2.15. The number of nitrogens with zero attached hydrogens (tertiary/aromatic N) is 6. The van der Waals surface area contributed by atoms with Gasteiger partial charge in [0.1, 0.15) is 0 Å². The Morgan fingerprint density at radius 2 is 2.03 bits per heavy atom. The molecule has 8 heteroatoms. The molecule has 2 aliphatic rings. The Hall–Kier alpha value is -3.26. The highest BCUT2D eigenvalue weighted by Crippen LogP contribution is 2.34. The summed E-state index contributed by atoms with van der Waals surface area (Å²) in [7, 11) is 3.82. The highest BCUT2D eigenvalue weighted by molar-refractivity contribution is 5.98. The Morgan fingerprint density at radius 3 is 2.83 bits per heavy atom. The Kier molecular flexibility index (Phi) is 4.32. The number of fused-ring (bicyclic) bond motifs is 1. The fourth-order valence-electron chi connectivity index (χ4n) is 4.60. The normalized spacial score (nSPS) is 22.4. The number of carbonyl (C=O) groups excluding carboxylic acids is 2. The number of aryl methyl sites for hydroxylation is 1. The van der Waals surface area contributed by atoms with E-state index in [1.165, 1.54) is 0 Å². The maximum absolute atomic E-state index is 13.2. The van der Waals surface area contributed by atoms with Crippen LogP contribution < -0.4 is 4.90 Å². The van der Waals surface area contributed by atoms with Crippen LogP contribution in [0, 0.1) is 0 Å². The van der Waals surface area contributed by atoms with Gasteiger partial charge in [0, 0.05) is 50.0 Å². The molecule has 1 aromatic carbocycles. The van der Waals surface area contributed by atoms with E-state index in [0.717, 1.165) is 23.0 Å². The van der Waals surface area contributed by atoms with Gasteiger partial charge in [-0.3, -0.25) is 24.2 Å². The highest BCUT2D eigenvalue weighted by Gasteiger charge is 2.48. The van der Waals surface area contributed by atoms with Crippen molar-refractivity contribution >= 4 is 28.4 Å². The van der Waals surface area contributed by atoms with Gasteiger partial charge in [0.15, 0.2) is 0 Å². The fraction of sp³-hybridized carbons (Fsp3) is 0.364. The number of benzene rings is 1. The molecule has 2 amide bonds. The van der Waals surface area contributed by atoms with Gasteiger partial charge in [0.25, 0.3) is 5.91 Å². The Morgan fingerprint density at radius 1 is 1.17 bits per heavy atom. The van der Waals surface area contributed by atoms with E-state index in [4.69, 9.17) is 0 Å². The minimum atomic E-state index is -0.252.